The minimum Gasteiger partial charge on any atom is -0.491 e. The van der Waals surface area contributed by atoms with Gasteiger partial charge in [-0.1, -0.05) is 0 Å². The van der Waals surface area contributed by atoms with Crippen LogP contribution in [0.25, 0.3) is 0 Å². The summed E-state index contributed by atoms with van der Waals surface area (Å²) < 4.78 is 11.2. The van der Waals surface area contributed by atoms with Crippen LogP contribution in [0.5, 0.6) is 5.75 Å². The van der Waals surface area contributed by atoms with Gasteiger partial charge in [-0.15, -0.1) is 0 Å². The van der Waals surface area contributed by atoms with Crippen molar-refractivity contribution in [3.05, 3.63) is 29.8 Å². The third-order valence-electron chi connectivity index (χ3n) is 3.54. The molecule has 0 saturated carbocycles. The highest BCUT2D eigenvalue weighted by Gasteiger charge is 2.19. The van der Waals surface area contributed by atoms with Crippen LogP contribution in [0.1, 0.15) is 37.0 Å². The normalized spacial score (nSPS) is 18.5. The zero-order valence-electron chi connectivity index (χ0n) is 12.7. The fourth-order valence-corrected chi connectivity index (χ4v) is 2.10. The van der Waals surface area contributed by atoms with Crippen molar-refractivity contribution in [2.45, 2.75) is 38.3 Å². The Morgan fingerprint density at radius 2 is 2.14 bits per heavy atom. The Morgan fingerprint density at radius 3 is 2.71 bits per heavy atom. The lowest BCUT2D eigenvalue weighted by Gasteiger charge is -2.24. The number of hydrogen-bond acceptors (Lipinski definition) is 4. The predicted molar refractivity (Wildman–Crippen MR) is 81.5 cm³/mol. The minimum absolute atomic E-state index is 0.129. The van der Waals surface area contributed by atoms with E-state index in [0.29, 0.717) is 18.7 Å². The van der Waals surface area contributed by atoms with Gasteiger partial charge in [0.15, 0.2) is 0 Å². The lowest BCUT2D eigenvalue weighted by Crippen LogP contribution is -2.48. The molecule has 1 unspecified atom stereocenters. The van der Waals surface area contributed by atoms with E-state index in [1.54, 1.807) is 24.3 Å². The van der Waals surface area contributed by atoms with Gasteiger partial charge in [0.1, 0.15) is 12.4 Å². The summed E-state index contributed by atoms with van der Waals surface area (Å²) in [5, 5.41) is 2.89. The quantitative estimate of drug-likeness (QED) is 0.837. The predicted octanol–water partition coefficient (Wildman–Crippen LogP) is 1.71. The highest BCUT2D eigenvalue weighted by atomic mass is 16.5. The summed E-state index contributed by atoms with van der Waals surface area (Å²) in [7, 11) is 0. The molecular formula is C16H24N2O3. The zero-order valence-corrected chi connectivity index (χ0v) is 12.7. The number of amides is 1. The highest BCUT2D eigenvalue weighted by Crippen LogP contribution is 2.17. The first-order valence-electron chi connectivity index (χ1n) is 7.37. The molecule has 1 aliphatic heterocycles. The summed E-state index contributed by atoms with van der Waals surface area (Å²) in [6.45, 7) is 5.56. The minimum atomic E-state index is -0.411. The van der Waals surface area contributed by atoms with Crippen LogP contribution in [0.3, 0.4) is 0 Å². The van der Waals surface area contributed by atoms with Crippen LogP contribution in [0.15, 0.2) is 24.3 Å². The van der Waals surface area contributed by atoms with E-state index in [1.165, 1.54) is 0 Å². The lowest BCUT2D eigenvalue weighted by atomic mass is 10.1. The molecule has 1 fully saturated rings. The molecule has 1 aromatic rings. The summed E-state index contributed by atoms with van der Waals surface area (Å²) >= 11 is 0. The Bertz CT molecular complexity index is 465. The van der Waals surface area contributed by atoms with Gasteiger partial charge in [-0.2, -0.15) is 0 Å². The maximum atomic E-state index is 12.1. The average molecular weight is 292 g/mol. The topological polar surface area (TPSA) is 73.6 Å². The lowest BCUT2D eigenvalue weighted by molar-refractivity contribution is 0.0679. The SMILES string of the molecule is CC(C)(CN)NC(=O)c1ccc(OCC2CCCO2)cc1. The van der Waals surface area contributed by atoms with E-state index in [2.05, 4.69) is 5.32 Å². The fraction of sp³-hybridized carbons (Fsp3) is 0.562. The van der Waals surface area contributed by atoms with Gasteiger partial charge in [-0.25, -0.2) is 0 Å². The Balaban J connectivity index is 1.87. The van der Waals surface area contributed by atoms with Crippen molar-refractivity contribution < 1.29 is 14.3 Å². The second-order valence-electron chi connectivity index (χ2n) is 6.01. The van der Waals surface area contributed by atoms with Gasteiger partial charge in [0.05, 0.1) is 6.10 Å². The first-order chi connectivity index (χ1) is 10.00. The van der Waals surface area contributed by atoms with Gasteiger partial charge in [-0.3, -0.25) is 4.79 Å². The maximum absolute atomic E-state index is 12.1. The van der Waals surface area contributed by atoms with Gasteiger partial charge in [-0.05, 0) is 51.0 Å². The molecule has 1 saturated heterocycles. The number of hydrogen-bond donors (Lipinski definition) is 2. The Kier molecular flexibility index (Phi) is 5.20. The number of rotatable bonds is 6. The van der Waals surface area contributed by atoms with Crippen LogP contribution in [-0.2, 0) is 4.74 Å². The third kappa shape index (κ3) is 4.72. The van der Waals surface area contributed by atoms with Crippen molar-refractivity contribution in [2.75, 3.05) is 19.8 Å². The molecule has 1 aromatic carbocycles. The van der Waals surface area contributed by atoms with Gasteiger partial charge in [0.2, 0.25) is 0 Å². The molecule has 0 aliphatic carbocycles. The molecule has 0 spiro atoms. The number of nitrogens with two attached hydrogens (primary N) is 1. The van der Waals surface area contributed by atoms with E-state index < -0.39 is 5.54 Å². The molecule has 1 atom stereocenters. The van der Waals surface area contributed by atoms with E-state index in [1.807, 2.05) is 13.8 Å². The molecule has 1 aliphatic rings. The monoisotopic (exact) mass is 292 g/mol. The van der Waals surface area contributed by atoms with Crippen LogP contribution in [0, 0.1) is 0 Å². The summed E-state index contributed by atoms with van der Waals surface area (Å²) in [5.41, 5.74) is 5.80. The summed E-state index contributed by atoms with van der Waals surface area (Å²) in [5.74, 6) is 0.622. The molecule has 21 heavy (non-hydrogen) atoms. The first-order valence-corrected chi connectivity index (χ1v) is 7.37. The highest BCUT2D eigenvalue weighted by molar-refractivity contribution is 5.94. The second kappa shape index (κ2) is 6.91. The van der Waals surface area contributed by atoms with Crippen molar-refractivity contribution in [2.24, 2.45) is 5.73 Å². The first kappa shape index (κ1) is 15.8. The van der Waals surface area contributed by atoms with Gasteiger partial charge in [0, 0.05) is 24.3 Å². The van der Waals surface area contributed by atoms with Crippen molar-refractivity contribution in [1.82, 2.24) is 5.32 Å². The molecule has 1 heterocycles. The molecule has 3 N–H and O–H groups in total. The van der Waals surface area contributed by atoms with Gasteiger partial charge in [0.25, 0.3) is 5.91 Å². The van der Waals surface area contributed by atoms with Crippen LogP contribution in [0.4, 0.5) is 0 Å². The number of ether oxygens (including phenoxy) is 2. The number of carbonyl (C=O) groups is 1. The molecule has 1 amide bonds. The van der Waals surface area contributed by atoms with E-state index in [4.69, 9.17) is 15.2 Å². The molecule has 116 valence electrons. The standard InChI is InChI=1S/C16H24N2O3/c1-16(2,11-17)18-15(19)12-5-7-13(8-6-12)21-10-14-4-3-9-20-14/h5-8,14H,3-4,9-11,17H2,1-2H3,(H,18,19). The Labute approximate surface area is 125 Å². The molecule has 2 rings (SSSR count). The Morgan fingerprint density at radius 1 is 1.43 bits per heavy atom. The largest absolute Gasteiger partial charge is 0.491 e. The number of nitrogens with one attached hydrogen (secondary N) is 1. The van der Waals surface area contributed by atoms with Crippen molar-refractivity contribution in [1.29, 1.82) is 0 Å². The maximum Gasteiger partial charge on any atom is 0.251 e. The molecular weight excluding hydrogens is 268 g/mol. The zero-order chi connectivity index (χ0) is 15.3. The number of benzene rings is 1. The summed E-state index contributed by atoms with van der Waals surface area (Å²) in [6.07, 6.45) is 2.34. The summed E-state index contributed by atoms with van der Waals surface area (Å²) in [4.78, 5) is 12.1. The molecule has 0 radical (unpaired) electrons. The van der Waals surface area contributed by atoms with Crippen molar-refractivity contribution in [3.8, 4) is 5.75 Å². The van der Waals surface area contributed by atoms with Crippen LogP contribution < -0.4 is 15.8 Å². The average Bonchev–Trinajstić information content (AvgIpc) is 2.98. The van der Waals surface area contributed by atoms with Crippen LogP contribution in [0.2, 0.25) is 0 Å². The number of carbonyl (C=O) groups excluding carboxylic acids is 1. The molecule has 5 heteroatoms. The van der Waals surface area contributed by atoms with Crippen molar-refractivity contribution in [3.63, 3.8) is 0 Å². The third-order valence-corrected chi connectivity index (χ3v) is 3.54. The smallest absolute Gasteiger partial charge is 0.251 e. The van der Waals surface area contributed by atoms with E-state index in [9.17, 15) is 4.79 Å². The van der Waals surface area contributed by atoms with Gasteiger partial charge < -0.3 is 20.5 Å². The van der Waals surface area contributed by atoms with E-state index in [-0.39, 0.29) is 12.0 Å². The Hall–Kier alpha value is -1.59. The summed E-state index contributed by atoms with van der Waals surface area (Å²) in [6, 6.07) is 7.12. The molecule has 5 nitrogen and oxygen atoms in total. The second-order valence-corrected chi connectivity index (χ2v) is 6.01. The van der Waals surface area contributed by atoms with Crippen LogP contribution >= 0.6 is 0 Å². The van der Waals surface area contributed by atoms with Crippen molar-refractivity contribution >= 4 is 5.91 Å². The fourth-order valence-electron chi connectivity index (χ4n) is 2.10. The van der Waals surface area contributed by atoms with Gasteiger partial charge >= 0.3 is 0 Å². The molecule has 0 bridgehead atoms. The molecule has 0 aromatic heterocycles. The van der Waals surface area contributed by atoms with E-state index in [0.717, 1.165) is 25.2 Å². The van der Waals surface area contributed by atoms with Crippen LogP contribution in [-0.4, -0.2) is 37.3 Å². The van der Waals surface area contributed by atoms with E-state index >= 15 is 0 Å².